The molecular formula is C15H31NO6Si. The van der Waals surface area contributed by atoms with Crippen LogP contribution in [0.2, 0.25) is 6.04 Å². The summed E-state index contributed by atoms with van der Waals surface area (Å²) in [5.74, 6) is -0.612. The van der Waals surface area contributed by atoms with E-state index in [0.717, 1.165) is 6.08 Å². The Morgan fingerprint density at radius 2 is 1.74 bits per heavy atom. The summed E-state index contributed by atoms with van der Waals surface area (Å²) in [6, 6.07) is 0.519. The van der Waals surface area contributed by atoms with Gasteiger partial charge in [-0.05, 0) is 39.7 Å². The van der Waals surface area contributed by atoms with E-state index in [9.17, 15) is 9.90 Å². The quantitative estimate of drug-likeness (QED) is 0.275. The third kappa shape index (κ3) is 9.19. The topological polar surface area (TPSA) is 100 Å². The molecule has 0 spiro atoms. The number of rotatable bonds is 14. The molecule has 7 nitrogen and oxygen atoms in total. The minimum Gasteiger partial charge on any atom is -0.460 e. The molecule has 0 saturated heterocycles. The number of esters is 1. The average molecular weight is 350 g/mol. The fourth-order valence-electron chi connectivity index (χ4n) is 2.27. The van der Waals surface area contributed by atoms with Gasteiger partial charge in [0.2, 0.25) is 0 Å². The van der Waals surface area contributed by atoms with Crippen LogP contribution < -0.4 is 5.73 Å². The lowest BCUT2D eigenvalue weighted by Crippen LogP contribution is -2.48. The molecule has 2 atom stereocenters. The smallest absolute Gasteiger partial charge is 0.460 e. The van der Waals surface area contributed by atoms with Crippen LogP contribution in [0.3, 0.4) is 0 Å². The molecule has 136 valence electrons. The van der Waals surface area contributed by atoms with Crippen molar-refractivity contribution in [1.82, 2.24) is 0 Å². The second-order valence-electron chi connectivity index (χ2n) is 5.01. The van der Waals surface area contributed by atoms with Crippen LogP contribution in [0.4, 0.5) is 0 Å². The maximum atomic E-state index is 11.0. The predicted octanol–water partition coefficient (Wildman–Crippen LogP) is 1.09. The molecule has 0 aromatic heterocycles. The van der Waals surface area contributed by atoms with Gasteiger partial charge in [0.15, 0.2) is 0 Å². The van der Waals surface area contributed by atoms with Crippen LogP contribution in [0.25, 0.3) is 0 Å². The summed E-state index contributed by atoms with van der Waals surface area (Å²) in [6.07, 6.45) is 0.636. The molecule has 0 rings (SSSR count). The minimum absolute atomic E-state index is 0.0521. The number of hydrogen-bond acceptors (Lipinski definition) is 7. The van der Waals surface area contributed by atoms with Gasteiger partial charge in [-0.2, -0.15) is 0 Å². The second-order valence-corrected chi connectivity index (χ2v) is 7.65. The van der Waals surface area contributed by atoms with Gasteiger partial charge in [-0.3, -0.25) is 0 Å². The van der Waals surface area contributed by atoms with E-state index in [2.05, 4.69) is 6.58 Å². The van der Waals surface area contributed by atoms with Crippen molar-refractivity contribution in [1.29, 1.82) is 0 Å². The van der Waals surface area contributed by atoms with Crippen molar-refractivity contribution in [2.75, 3.05) is 33.0 Å². The predicted molar refractivity (Wildman–Crippen MR) is 89.8 cm³/mol. The van der Waals surface area contributed by atoms with E-state index in [1.807, 2.05) is 20.8 Å². The summed E-state index contributed by atoms with van der Waals surface area (Å²) >= 11 is 0. The van der Waals surface area contributed by atoms with Crippen molar-refractivity contribution in [3.05, 3.63) is 12.7 Å². The number of ether oxygens (including phenoxy) is 1. The Morgan fingerprint density at radius 3 is 2.13 bits per heavy atom. The first kappa shape index (κ1) is 22.2. The maximum absolute atomic E-state index is 11.0. The molecule has 0 aliphatic rings. The molecule has 0 aliphatic carbocycles. The standard InChI is InChI=1S/C15H31NO6Si/c1-5-15(18)19-11-14(17)9-13(10-16)12-23(20-6-2,21-7-3)22-8-4/h5,13-14,17H,1,6-12,16H2,2-4H3. The van der Waals surface area contributed by atoms with Gasteiger partial charge in [0, 0.05) is 31.9 Å². The van der Waals surface area contributed by atoms with Crippen molar-refractivity contribution in [2.45, 2.75) is 39.3 Å². The van der Waals surface area contributed by atoms with E-state index in [1.165, 1.54) is 0 Å². The zero-order valence-corrected chi connectivity index (χ0v) is 15.5. The lowest BCUT2D eigenvalue weighted by atomic mass is 10.0. The summed E-state index contributed by atoms with van der Waals surface area (Å²) in [5, 5.41) is 10.0. The van der Waals surface area contributed by atoms with Crippen molar-refractivity contribution >= 4 is 14.8 Å². The highest BCUT2D eigenvalue weighted by atomic mass is 28.4. The van der Waals surface area contributed by atoms with Crippen LogP contribution in [0.5, 0.6) is 0 Å². The van der Waals surface area contributed by atoms with E-state index >= 15 is 0 Å². The van der Waals surface area contributed by atoms with Crippen LogP contribution in [0.15, 0.2) is 12.7 Å². The van der Waals surface area contributed by atoms with Crippen LogP contribution in [0, 0.1) is 5.92 Å². The van der Waals surface area contributed by atoms with E-state index in [1.54, 1.807) is 0 Å². The van der Waals surface area contributed by atoms with Gasteiger partial charge >= 0.3 is 14.8 Å². The highest BCUT2D eigenvalue weighted by molar-refractivity contribution is 6.60. The number of aliphatic hydroxyl groups excluding tert-OH is 1. The summed E-state index contributed by atoms with van der Waals surface area (Å²) in [5.41, 5.74) is 5.82. The summed E-state index contributed by atoms with van der Waals surface area (Å²) < 4.78 is 22.2. The average Bonchev–Trinajstić information content (AvgIpc) is 2.52. The first-order valence-corrected chi connectivity index (χ1v) is 9.99. The molecule has 0 heterocycles. The molecule has 0 radical (unpaired) electrons. The third-order valence-electron chi connectivity index (χ3n) is 3.15. The summed E-state index contributed by atoms with van der Waals surface area (Å²) in [7, 11) is -2.81. The molecule has 0 aromatic rings. The van der Waals surface area contributed by atoms with Gasteiger partial charge in [0.25, 0.3) is 0 Å². The Labute approximate surface area is 140 Å². The molecule has 3 N–H and O–H groups in total. The molecular weight excluding hydrogens is 318 g/mol. The van der Waals surface area contributed by atoms with Gasteiger partial charge in [-0.25, -0.2) is 4.79 Å². The van der Waals surface area contributed by atoms with E-state index in [-0.39, 0.29) is 12.5 Å². The van der Waals surface area contributed by atoms with Gasteiger partial charge < -0.3 is 28.9 Å². The normalized spacial score (nSPS) is 14.3. The highest BCUT2D eigenvalue weighted by Gasteiger charge is 2.42. The molecule has 0 saturated carbocycles. The van der Waals surface area contributed by atoms with Crippen molar-refractivity contribution in [3.8, 4) is 0 Å². The van der Waals surface area contributed by atoms with Gasteiger partial charge in [-0.15, -0.1) is 0 Å². The van der Waals surface area contributed by atoms with Crippen LogP contribution >= 0.6 is 0 Å². The lowest BCUT2D eigenvalue weighted by Gasteiger charge is -2.32. The van der Waals surface area contributed by atoms with Gasteiger partial charge in [0.05, 0.1) is 6.10 Å². The lowest BCUT2D eigenvalue weighted by molar-refractivity contribution is -0.140. The largest absolute Gasteiger partial charge is 0.501 e. The summed E-state index contributed by atoms with van der Waals surface area (Å²) in [6.45, 7) is 10.7. The zero-order chi connectivity index (χ0) is 17.7. The number of aliphatic hydroxyl groups is 1. The first-order valence-electron chi connectivity index (χ1n) is 8.05. The highest BCUT2D eigenvalue weighted by Crippen LogP contribution is 2.24. The van der Waals surface area contributed by atoms with E-state index < -0.39 is 20.9 Å². The Balaban J connectivity index is 4.70. The molecule has 0 amide bonds. The molecule has 0 bridgehead atoms. The van der Waals surface area contributed by atoms with Gasteiger partial charge in [-0.1, -0.05) is 6.58 Å². The molecule has 23 heavy (non-hydrogen) atoms. The van der Waals surface area contributed by atoms with Crippen LogP contribution in [-0.4, -0.2) is 59.0 Å². The molecule has 0 aliphatic heterocycles. The fraction of sp³-hybridized carbons (Fsp3) is 0.800. The minimum atomic E-state index is -2.81. The Bertz CT molecular complexity index is 325. The van der Waals surface area contributed by atoms with Crippen molar-refractivity contribution < 1.29 is 27.9 Å². The number of nitrogens with two attached hydrogens (primary N) is 1. The number of hydrogen-bond donors (Lipinski definition) is 2. The Kier molecular flexibility index (Phi) is 12.2. The molecule has 8 heteroatoms. The number of carbonyl (C=O) groups is 1. The number of carbonyl (C=O) groups excluding carboxylic acids is 1. The monoisotopic (exact) mass is 349 g/mol. The maximum Gasteiger partial charge on any atom is 0.501 e. The van der Waals surface area contributed by atoms with Gasteiger partial charge in [0.1, 0.15) is 6.61 Å². The van der Waals surface area contributed by atoms with Crippen molar-refractivity contribution in [3.63, 3.8) is 0 Å². The molecule has 0 aromatic carbocycles. The Morgan fingerprint density at radius 1 is 1.22 bits per heavy atom. The third-order valence-corrected chi connectivity index (χ3v) is 6.42. The zero-order valence-electron chi connectivity index (χ0n) is 14.5. The Hall–Kier alpha value is -0.773. The van der Waals surface area contributed by atoms with E-state index in [0.29, 0.717) is 38.8 Å². The fourth-order valence-corrected chi connectivity index (χ4v) is 5.23. The molecule has 2 unspecified atom stereocenters. The SMILES string of the molecule is C=CC(=O)OCC(O)CC(CN)C[Si](OCC)(OCC)OCC. The van der Waals surface area contributed by atoms with Crippen LogP contribution in [0.1, 0.15) is 27.2 Å². The first-order chi connectivity index (χ1) is 11.0. The summed E-state index contributed by atoms with van der Waals surface area (Å²) in [4.78, 5) is 11.0. The van der Waals surface area contributed by atoms with Crippen molar-refractivity contribution in [2.24, 2.45) is 11.7 Å². The van der Waals surface area contributed by atoms with E-state index in [4.69, 9.17) is 23.7 Å². The second kappa shape index (κ2) is 12.6. The van der Waals surface area contributed by atoms with Crippen LogP contribution in [-0.2, 0) is 22.8 Å². The molecule has 0 fully saturated rings.